The number of ether oxygens (including phenoxy) is 1. The summed E-state index contributed by atoms with van der Waals surface area (Å²) >= 11 is 0. The van der Waals surface area contributed by atoms with E-state index in [1.165, 1.54) is 4.90 Å². The van der Waals surface area contributed by atoms with E-state index in [0.717, 1.165) is 11.3 Å². The number of hydrogen-bond donors (Lipinski definition) is 2. The lowest BCUT2D eigenvalue weighted by Gasteiger charge is -2.21. The van der Waals surface area contributed by atoms with Crippen LogP contribution in [0.25, 0.3) is 0 Å². The molecular formula is C22H25N7O3. The summed E-state index contributed by atoms with van der Waals surface area (Å²) in [5.74, 6) is -0.0887. The van der Waals surface area contributed by atoms with Crippen LogP contribution < -0.4 is 20.4 Å². The largest absolute Gasteiger partial charge is 0.489 e. The lowest BCUT2D eigenvalue weighted by Crippen LogP contribution is -2.52. The third-order valence-corrected chi connectivity index (χ3v) is 5.21. The smallest absolute Gasteiger partial charge is 0.252 e. The van der Waals surface area contributed by atoms with E-state index in [9.17, 15) is 9.59 Å². The maximum Gasteiger partial charge on any atom is 0.252 e. The van der Waals surface area contributed by atoms with E-state index in [0.29, 0.717) is 24.5 Å². The average molecular weight is 435 g/mol. The van der Waals surface area contributed by atoms with Crippen molar-refractivity contribution in [2.45, 2.75) is 25.6 Å². The number of anilines is 2. The minimum Gasteiger partial charge on any atom is -0.489 e. The van der Waals surface area contributed by atoms with Crippen LogP contribution in [0, 0.1) is 0 Å². The Bertz CT molecular complexity index is 1040. The van der Waals surface area contributed by atoms with Crippen LogP contribution in [0.2, 0.25) is 0 Å². The van der Waals surface area contributed by atoms with Gasteiger partial charge in [-0.15, -0.1) is 0 Å². The van der Waals surface area contributed by atoms with Gasteiger partial charge in [-0.05, 0) is 24.6 Å². The third-order valence-electron chi connectivity index (χ3n) is 5.21. The number of nitrogens with one attached hydrogen (secondary N) is 2. The van der Waals surface area contributed by atoms with Gasteiger partial charge in [-0.25, -0.2) is 0 Å². The van der Waals surface area contributed by atoms with E-state index < -0.39 is 12.1 Å². The van der Waals surface area contributed by atoms with Crippen molar-refractivity contribution in [1.82, 2.24) is 10.3 Å². The lowest BCUT2D eigenvalue weighted by molar-refractivity contribution is -0.128. The van der Waals surface area contributed by atoms with Crippen molar-refractivity contribution in [3.63, 3.8) is 0 Å². The van der Waals surface area contributed by atoms with Crippen molar-refractivity contribution in [2.24, 2.45) is 15.4 Å². The monoisotopic (exact) mass is 435 g/mol. The molecule has 0 saturated carbocycles. The standard InChI is InChI=1S/C22H25N7O3/c1-3-23-25-16-9-10-19-20(11-16)32-14-18(22(31)28(19)2)24-21(30)17-13-29(27-26-17)12-15-7-5-4-6-8-15/h3-11,17-18,25H,12-14H2,1-2H3,(H,24,30)/b23-3-. The Labute approximate surface area is 185 Å². The number of nitrogens with zero attached hydrogens (tertiary/aromatic N) is 5. The molecule has 10 heteroatoms. The zero-order chi connectivity index (χ0) is 22.5. The van der Waals surface area contributed by atoms with Gasteiger partial charge >= 0.3 is 0 Å². The summed E-state index contributed by atoms with van der Waals surface area (Å²) < 4.78 is 5.85. The normalized spacial score (nSPS) is 20.1. The topological polar surface area (TPSA) is 111 Å². The molecule has 32 heavy (non-hydrogen) atoms. The van der Waals surface area contributed by atoms with E-state index >= 15 is 0 Å². The minimum absolute atomic E-state index is 0.0139. The molecule has 2 amide bonds. The summed E-state index contributed by atoms with van der Waals surface area (Å²) in [5.41, 5.74) is 5.31. The number of carbonyl (C=O) groups excluding carboxylic acids is 2. The molecule has 2 unspecified atom stereocenters. The first-order chi connectivity index (χ1) is 15.5. The van der Waals surface area contributed by atoms with Crippen LogP contribution in [0.4, 0.5) is 11.4 Å². The van der Waals surface area contributed by atoms with Gasteiger partial charge in [0.15, 0.2) is 6.04 Å². The van der Waals surface area contributed by atoms with Gasteiger partial charge in [0.1, 0.15) is 18.4 Å². The molecule has 2 heterocycles. The summed E-state index contributed by atoms with van der Waals surface area (Å²) in [6, 6.07) is 13.7. The number of hydrazone groups is 1. The molecule has 2 aliphatic heterocycles. The van der Waals surface area contributed by atoms with Gasteiger partial charge in [0.25, 0.3) is 5.91 Å². The van der Waals surface area contributed by atoms with Crippen molar-refractivity contribution in [2.75, 3.05) is 30.5 Å². The molecule has 166 valence electrons. The predicted molar refractivity (Wildman–Crippen MR) is 121 cm³/mol. The first-order valence-corrected chi connectivity index (χ1v) is 10.3. The van der Waals surface area contributed by atoms with Crippen molar-refractivity contribution in [3.8, 4) is 5.75 Å². The Hall–Kier alpha value is -3.95. The van der Waals surface area contributed by atoms with Crippen LogP contribution in [-0.2, 0) is 16.1 Å². The van der Waals surface area contributed by atoms with Gasteiger partial charge in [0.05, 0.1) is 24.5 Å². The van der Waals surface area contributed by atoms with E-state index in [2.05, 4.69) is 26.2 Å². The van der Waals surface area contributed by atoms with E-state index in [4.69, 9.17) is 4.74 Å². The van der Waals surface area contributed by atoms with Crippen LogP contribution in [0.15, 0.2) is 64.0 Å². The molecule has 2 aliphatic rings. The van der Waals surface area contributed by atoms with Crippen molar-refractivity contribution >= 4 is 29.4 Å². The highest BCUT2D eigenvalue weighted by molar-refractivity contribution is 6.01. The number of likely N-dealkylation sites (N-methyl/N-ethyl adjacent to an activating group) is 1. The molecule has 2 aromatic carbocycles. The van der Waals surface area contributed by atoms with Gasteiger partial charge in [-0.2, -0.15) is 10.2 Å². The first-order valence-electron chi connectivity index (χ1n) is 10.3. The second kappa shape index (κ2) is 9.46. The highest BCUT2D eigenvalue weighted by Crippen LogP contribution is 2.33. The summed E-state index contributed by atoms with van der Waals surface area (Å²) in [6.07, 6.45) is 1.63. The summed E-state index contributed by atoms with van der Waals surface area (Å²) in [4.78, 5) is 27.2. The maximum absolute atomic E-state index is 12.9. The number of hydrogen-bond acceptors (Lipinski definition) is 8. The molecule has 0 bridgehead atoms. The van der Waals surface area contributed by atoms with Crippen LogP contribution in [-0.4, -0.2) is 55.3 Å². The molecule has 0 spiro atoms. The van der Waals surface area contributed by atoms with Gasteiger partial charge in [-0.3, -0.25) is 20.0 Å². The van der Waals surface area contributed by atoms with E-state index in [1.807, 2.05) is 30.3 Å². The fraction of sp³-hybridized carbons (Fsp3) is 0.318. The molecular weight excluding hydrogens is 410 g/mol. The fourth-order valence-corrected chi connectivity index (χ4v) is 3.52. The predicted octanol–water partition coefficient (Wildman–Crippen LogP) is 2.20. The number of amides is 2. The molecule has 2 N–H and O–H groups in total. The number of carbonyl (C=O) groups is 2. The fourth-order valence-electron chi connectivity index (χ4n) is 3.52. The Morgan fingerprint density at radius 1 is 1.28 bits per heavy atom. The van der Waals surface area contributed by atoms with Crippen LogP contribution in [0.1, 0.15) is 12.5 Å². The third kappa shape index (κ3) is 4.69. The molecule has 2 atom stereocenters. The summed E-state index contributed by atoms with van der Waals surface area (Å²) in [7, 11) is 1.66. The van der Waals surface area contributed by atoms with Crippen LogP contribution >= 0.6 is 0 Å². The zero-order valence-corrected chi connectivity index (χ0v) is 17.9. The molecule has 4 rings (SSSR count). The second-order valence-electron chi connectivity index (χ2n) is 7.50. The first kappa shape index (κ1) is 21.3. The van der Waals surface area contributed by atoms with E-state index in [-0.39, 0.29) is 18.4 Å². The van der Waals surface area contributed by atoms with Crippen molar-refractivity contribution in [1.29, 1.82) is 0 Å². The molecule has 10 nitrogen and oxygen atoms in total. The van der Waals surface area contributed by atoms with Gasteiger partial charge in [0.2, 0.25) is 5.91 Å². The Morgan fingerprint density at radius 3 is 2.88 bits per heavy atom. The zero-order valence-electron chi connectivity index (χ0n) is 17.9. The number of rotatable bonds is 6. The van der Waals surface area contributed by atoms with Gasteiger partial charge < -0.3 is 15.0 Å². The number of fused-ring (bicyclic) bond motifs is 1. The Balaban J connectivity index is 1.37. The summed E-state index contributed by atoms with van der Waals surface area (Å²) in [5, 5.41) is 16.7. The molecule has 0 fully saturated rings. The van der Waals surface area contributed by atoms with Gasteiger partial charge in [-0.1, -0.05) is 35.6 Å². The Kier molecular flexibility index (Phi) is 6.29. The van der Waals surface area contributed by atoms with Crippen LogP contribution in [0.5, 0.6) is 5.75 Å². The second-order valence-corrected chi connectivity index (χ2v) is 7.50. The van der Waals surface area contributed by atoms with Crippen molar-refractivity contribution in [3.05, 3.63) is 54.1 Å². The number of benzene rings is 2. The van der Waals surface area contributed by atoms with E-state index in [1.54, 1.807) is 43.4 Å². The molecule has 0 aromatic heterocycles. The lowest BCUT2D eigenvalue weighted by atomic mass is 10.2. The minimum atomic E-state index is -0.830. The van der Waals surface area contributed by atoms with Crippen molar-refractivity contribution < 1.29 is 14.3 Å². The average Bonchev–Trinajstić information content (AvgIpc) is 3.24. The quantitative estimate of drug-likeness (QED) is 0.534. The summed E-state index contributed by atoms with van der Waals surface area (Å²) in [6.45, 7) is 2.74. The molecule has 0 aliphatic carbocycles. The van der Waals surface area contributed by atoms with Gasteiger partial charge in [0, 0.05) is 19.3 Å². The maximum atomic E-state index is 12.9. The highest BCUT2D eigenvalue weighted by Gasteiger charge is 2.34. The molecule has 2 aromatic rings. The van der Waals surface area contributed by atoms with Crippen LogP contribution in [0.3, 0.4) is 0 Å². The molecule has 0 saturated heterocycles. The Morgan fingerprint density at radius 2 is 2.09 bits per heavy atom. The highest BCUT2D eigenvalue weighted by atomic mass is 16.5. The SMILES string of the molecule is C/C=N\Nc1ccc2c(c1)OCC(NC(=O)C1CN(Cc3ccccc3)N=N1)C(=O)N2C. The molecule has 0 radical (unpaired) electrons.